The van der Waals surface area contributed by atoms with Crippen LogP contribution >= 0.6 is 0 Å². The molecule has 144 valence electrons. The summed E-state index contributed by atoms with van der Waals surface area (Å²) in [6.45, 7) is 6.84. The van der Waals surface area contributed by atoms with Crippen LogP contribution < -0.4 is 0 Å². The van der Waals surface area contributed by atoms with Crippen molar-refractivity contribution in [1.82, 2.24) is 0 Å². The lowest BCUT2D eigenvalue weighted by molar-refractivity contribution is -0.225. The molecule has 0 radical (unpaired) electrons. The van der Waals surface area contributed by atoms with E-state index in [2.05, 4.69) is 20.8 Å². The second-order valence-corrected chi connectivity index (χ2v) is 9.66. The van der Waals surface area contributed by atoms with Gasteiger partial charge in [-0.25, -0.2) is 0 Å². The van der Waals surface area contributed by atoms with Crippen molar-refractivity contribution in [2.45, 2.75) is 110 Å². The summed E-state index contributed by atoms with van der Waals surface area (Å²) in [4.78, 5) is 12.7. The average Bonchev–Trinajstić information content (AvgIpc) is 2.56. The Balaban J connectivity index is 1.48. The maximum atomic E-state index is 12.7. The predicted molar refractivity (Wildman–Crippen MR) is 103 cm³/mol. The highest BCUT2D eigenvalue weighted by Crippen LogP contribution is 2.61. The molecule has 0 N–H and O–H groups in total. The first-order valence-corrected chi connectivity index (χ1v) is 11.3. The van der Waals surface area contributed by atoms with Crippen LogP contribution in [0.4, 0.5) is 0 Å². The minimum absolute atomic E-state index is 0.0923. The van der Waals surface area contributed by atoms with E-state index in [4.69, 9.17) is 4.74 Å². The number of carbonyl (C=O) groups is 1. The molecular weight excluding hydrogens is 308 g/mol. The third kappa shape index (κ3) is 4.08. The molecule has 0 aromatic carbocycles. The van der Waals surface area contributed by atoms with Crippen molar-refractivity contribution in [3.05, 3.63) is 0 Å². The predicted octanol–water partition coefficient (Wildman–Crippen LogP) is 6.52. The molecule has 0 aliphatic heterocycles. The van der Waals surface area contributed by atoms with E-state index in [1.54, 1.807) is 0 Å². The molecule has 0 atom stereocenters. The van der Waals surface area contributed by atoms with Crippen LogP contribution in [-0.2, 0) is 9.53 Å². The van der Waals surface area contributed by atoms with Crippen LogP contribution in [0.5, 0.6) is 0 Å². The summed E-state index contributed by atoms with van der Waals surface area (Å²) >= 11 is 0. The average molecular weight is 349 g/mol. The minimum atomic E-state index is -0.133. The van der Waals surface area contributed by atoms with E-state index in [-0.39, 0.29) is 11.6 Å². The molecule has 4 rings (SSSR count). The van der Waals surface area contributed by atoms with Crippen LogP contribution in [-0.4, -0.2) is 11.6 Å². The molecule has 4 aliphatic carbocycles. The zero-order chi connectivity index (χ0) is 17.9. The van der Waals surface area contributed by atoms with Gasteiger partial charge in [0, 0.05) is 6.42 Å². The Bertz CT molecular complexity index is 411. The molecular formula is C23H40O2. The van der Waals surface area contributed by atoms with E-state index >= 15 is 0 Å². The molecule has 0 heterocycles. The van der Waals surface area contributed by atoms with Crippen molar-refractivity contribution >= 4 is 5.97 Å². The number of hydrogen-bond acceptors (Lipinski definition) is 2. The topological polar surface area (TPSA) is 26.3 Å². The lowest BCUT2D eigenvalue weighted by atomic mass is 9.47. The molecule has 4 fully saturated rings. The van der Waals surface area contributed by atoms with Gasteiger partial charge in [-0.1, -0.05) is 59.3 Å². The SMILES string of the molecule is CCCCCCCCCC(=O)OC1(C(C)C)C2CC3CC(C2)CC1C3. The summed E-state index contributed by atoms with van der Waals surface area (Å²) in [5, 5.41) is 0. The Morgan fingerprint density at radius 1 is 0.880 bits per heavy atom. The lowest BCUT2D eigenvalue weighted by Crippen LogP contribution is -2.62. The van der Waals surface area contributed by atoms with Crippen molar-refractivity contribution in [3.8, 4) is 0 Å². The molecule has 0 saturated heterocycles. The van der Waals surface area contributed by atoms with Gasteiger partial charge in [0.2, 0.25) is 0 Å². The van der Waals surface area contributed by atoms with Gasteiger partial charge in [0.05, 0.1) is 0 Å². The van der Waals surface area contributed by atoms with Crippen LogP contribution in [0.3, 0.4) is 0 Å². The summed E-state index contributed by atoms with van der Waals surface area (Å²) in [6.07, 6.45) is 16.1. The quantitative estimate of drug-likeness (QED) is 0.332. The third-order valence-electron chi connectivity index (χ3n) is 7.59. The molecule has 25 heavy (non-hydrogen) atoms. The fourth-order valence-corrected chi connectivity index (χ4v) is 6.62. The molecule has 0 aromatic heterocycles. The molecule has 2 nitrogen and oxygen atoms in total. The summed E-state index contributed by atoms with van der Waals surface area (Å²) < 4.78 is 6.38. The zero-order valence-electron chi connectivity index (χ0n) is 16.9. The van der Waals surface area contributed by atoms with Crippen LogP contribution in [0.25, 0.3) is 0 Å². The first-order valence-electron chi connectivity index (χ1n) is 11.3. The van der Waals surface area contributed by atoms with Crippen LogP contribution in [0, 0.1) is 29.6 Å². The van der Waals surface area contributed by atoms with Gasteiger partial charge in [0.1, 0.15) is 5.60 Å². The summed E-state index contributed by atoms with van der Waals surface area (Å²) in [7, 11) is 0. The highest BCUT2D eigenvalue weighted by molar-refractivity contribution is 5.70. The fraction of sp³-hybridized carbons (Fsp3) is 0.957. The molecule has 0 amide bonds. The van der Waals surface area contributed by atoms with Gasteiger partial charge < -0.3 is 4.74 Å². The number of ether oxygens (including phenoxy) is 1. The Kier molecular flexibility index (Phi) is 6.49. The molecule has 0 spiro atoms. The van der Waals surface area contributed by atoms with E-state index < -0.39 is 0 Å². The normalized spacial score (nSPS) is 36.2. The maximum absolute atomic E-state index is 12.7. The number of rotatable bonds is 10. The van der Waals surface area contributed by atoms with Gasteiger partial charge in [-0.15, -0.1) is 0 Å². The van der Waals surface area contributed by atoms with Crippen molar-refractivity contribution in [3.63, 3.8) is 0 Å². The lowest BCUT2D eigenvalue weighted by Gasteiger charge is -2.61. The van der Waals surface area contributed by atoms with E-state index in [0.29, 0.717) is 24.2 Å². The summed E-state index contributed by atoms with van der Waals surface area (Å²) in [5.41, 5.74) is -0.133. The zero-order valence-corrected chi connectivity index (χ0v) is 16.9. The Labute approximate surface area is 155 Å². The van der Waals surface area contributed by atoms with Crippen molar-refractivity contribution in [1.29, 1.82) is 0 Å². The number of esters is 1. The molecule has 0 aromatic rings. The number of carbonyl (C=O) groups excluding carboxylic acids is 1. The third-order valence-corrected chi connectivity index (χ3v) is 7.59. The smallest absolute Gasteiger partial charge is 0.306 e. The maximum Gasteiger partial charge on any atom is 0.306 e. The Morgan fingerprint density at radius 2 is 1.40 bits per heavy atom. The van der Waals surface area contributed by atoms with Crippen molar-refractivity contribution < 1.29 is 9.53 Å². The van der Waals surface area contributed by atoms with Gasteiger partial charge in [-0.05, 0) is 68.1 Å². The molecule has 4 bridgehead atoms. The van der Waals surface area contributed by atoms with Crippen LogP contribution in [0.2, 0.25) is 0 Å². The first-order chi connectivity index (χ1) is 12.1. The Hall–Kier alpha value is -0.530. The van der Waals surface area contributed by atoms with E-state index in [0.717, 1.165) is 18.3 Å². The molecule has 4 saturated carbocycles. The van der Waals surface area contributed by atoms with Gasteiger partial charge >= 0.3 is 5.97 Å². The van der Waals surface area contributed by atoms with E-state index in [1.807, 2.05) is 0 Å². The summed E-state index contributed by atoms with van der Waals surface area (Å²) in [5.74, 6) is 3.69. The van der Waals surface area contributed by atoms with Gasteiger partial charge in [0.25, 0.3) is 0 Å². The van der Waals surface area contributed by atoms with Gasteiger partial charge in [-0.2, -0.15) is 0 Å². The van der Waals surface area contributed by atoms with Crippen molar-refractivity contribution in [2.75, 3.05) is 0 Å². The van der Waals surface area contributed by atoms with Crippen LogP contribution in [0.1, 0.15) is 104 Å². The van der Waals surface area contributed by atoms with Gasteiger partial charge in [0.15, 0.2) is 0 Å². The second kappa shape index (κ2) is 8.44. The van der Waals surface area contributed by atoms with Crippen molar-refractivity contribution in [2.24, 2.45) is 29.6 Å². The fourth-order valence-electron chi connectivity index (χ4n) is 6.62. The second-order valence-electron chi connectivity index (χ2n) is 9.66. The largest absolute Gasteiger partial charge is 0.458 e. The molecule has 2 heteroatoms. The monoisotopic (exact) mass is 348 g/mol. The molecule has 0 unspecified atom stereocenters. The number of hydrogen-bond donors (Lipinski definition) is 0. The Morgan fingerprint density at radius 3 is 1.92 bits per heavy atom. The summed E-state index contributed by atoms with van der Waals surface area (Å²) in [6, 6.07) is 0. The standard InChI is InChI=1S/C23H40O2/c1-4-5-6-7-8-9-10-11-22(24)25-23(17(2)3)20-13-18-12-19(15-20)16-21(23)14-18/h17-21H,4-16H2,1-3H3. The highest BCUT2D eigenvalue weighted by atomic mass is 16.6. The molecule has 4 aliphatic rings. The minimum Gasteiger partial charge on any atom is -0.458 e. The highest BCUT2D eigenvalue weighted by Gasteiger charge is 2.60. The van der Waals surface area contributed by atoms with Crippen LogP contribution in [0.15, 0.2) is 0 Å². The first kappa shape index (κ1) is 19.2. The van der Waals surface area contributed by atoms with Gasteiger partial charge in [-0.3, -0.25) is 4.79 Å². The van der Waals surface area contributed by atoms with E-state index in [1.165, 1.54) is 70.6 Å². The number of unbranched alkanes of at least 4 members (excludes halogenated alkanes) is 6. The van der Waals surface area contributed by atoms with E-state index in [9.17, 15) is 4.79 Å².